The monoisotopic (exact) mass is 271 g/mol. The van der Waals surface area contributed by atoms with Gasteiger partial charge in [-0.2, -0.15) is 0 Å². The van der Waals surface area contributed by atoms with E-state index in [4.69, 9.17) is 4.74 Å². The molecule has 2 aromatic carbocycles. The molecule has 0 spiro atoms. The van der Waals surface area contributed by atoms with Crippen LogP contribution in [0.5, 0.6) is 0 Å². The molecule has 0 radical (unpaired) electrons. The molecule has 0 amide bonds. The van der Waals surface area contributed by atoms with Crippen LogP contribution < -0.4 is 5.32 Å². The highest BCUT2D eigenvalue weighted by Gasteiger charge is 2.08. The van der Waals surface area contributed by atoms with Crippen molar-refractivity contribution in [2.75, 3.05) is 19.8 Å². The van der Waals surface area contributed by atoms with Crippen molar-refractivity contribution in [1.29, 1.82) is 0 Å². The van der Waals surface area contributed by atoms with E-state index in [0.717, 1.165) is 19.8 Å². The lowest BCUT2D eigenvalue weighted by Crippen LogP contribution is -2.24. The highest BCUT2D eigenvalue weighted by atomic mass is 16.5. The predicted molar refractivity (Wildman–Crippen MR) is 86.0 cm³/mol. The largest absolute Gasteiger partial charge is 0.380 e. The lowest BCUT2D eigenvalue weighted by Gasteiger charge is -2.17. The van der Waals surface area contributed by atoms with Crippen LogP contribution in [0.1, 0.15) is 32.4 Å². The van der Waals surface area contributed by atoms with Crippen LogP contribution in [0.15, 0.2) is 42.5 Å². The Labute approximate surface area is 122 Å². The summed E-state index contributed by atoms with van der Waals surface area (Å²) in [6, 6.07) is 15.4. The van der Waals surface area contributed by atoms with E-state index in [1.54, 1.807) is 0 Å². The molecule has 1 atom stereocenters. The van der Waals surface area contributed by atoms with E-state index in [0.29, 0.717) is 12.0 Å². The SMILES string of the molecule is CC(C)COCCNC(C)c1cccc2ccccc12. The van der Waals surface area contributed by atoms with Crippen LogP contribution in [-0.2, 0) is 4.74 Å². The molecule has 0 saturated heterocycles. The lowest BCUT2D eigenvalue weighted by molar-refractivity contribution is 0.110. The highest BCUT2D eigenvalue weighted by molar-refractivity contribution is 5.86. The van der Waals surface area contributed by atoms with Crippen molar-refractivity contribution in [2.45, 2.75) is 26.8 Å². The first-order chi connectivity index (χ1) is 9.68. The van der Waals surface area contributed by atoms with E-state index in [9.17, 15) is 0 Å². The minimum absolute atomic E-state index is 0.337. The first-order valence-electron chi connectivity index (χ1n) is 7.47. The molecule has 2 nitrogen and oxygen atoms in total. The normalized spacial score (nSPS) is 13.0. The van der Waals surface area contributed by atoms with Crippen LogP contribution in [0.4, 0.5) is 0 Å². The minimum atomic E-state index is 0.337. The zero-order valence-corrected chi connectivity index (χ0v) is 12.7. The molecular formula is C18H25NO. The number of hydrogen-bond donors (Lipinski definition) is 1. The summed E-state index contributed by atoms with van der Waals surface area (Å²) in [5.74, 6) is 0.602. The molecule has 108 valence electrons. The zero-order valence-electron chi connectivity index (χ0n) is 12.7. The van der Waals surface area contributed by atoms with Gasteiger partial charge in [-0.15, -0.1) is 0 Å². The molecule has 2 rings (SSSR count). The van der Waals surface area contributed by atoms with Crippen molar-refractivity contribution in [3.63, 3.8) is 0 Å². The average molecular weight is 271 g/mol. The quantitative estimate of drug-likeness (QED) is 0.763. The molecule has 0 aliphatic carbocycles. The third-order valence-electron chi connectivity index (χ3n) is 3.44. The van der Waals surface area contributed by atoms with Crippen molar-refractivity contribution >= 4 is 10.8 Å². The van der Waals surface area contributed by atoms with Crippen molar-refractivity contribution in [1.82, 2.24) is 5.32 Å². The van der Waals surface area contributed by atoms with Gasteiger partial charge in [-0.1, -0.05) is 56.3 Å². The van der Waals surface area contributed by atoms with Crippen molar-refractivity contribution in [3.8, 4) is 0 Å². The Balaban J connectivity index is 1.92. The van der Waals surface area contributed by atoms with Gasteiger partial charge in [0.2, 0.25) is 0 Å². The number of nitrogens with one attached hydrogen (secondary N) is 1. The molecule has 0 aliphatic heterocycles. The molecule has 0 saturated carbocycles. The summed E-state index contributed by atoms with van der Waals surface area (Å²) in [6.45, 7) is 9.05. The maximum absolute atomic E-state index is 5.61. The number of fused-ring (bicyclic) bond motifs is 1. The fourth-order valence-corrected chi connectivity index (χ4v) is 2.40. The van der Waals surface area contributed by atoms with Gasteiger partial charge >= 0.3 is 0 Å². The summed E-state index contributed by atoms with van der Waals surface area (Å²) in [7, 11) is 0. The molecule has 0 aliphatic rings. The van der Waals surface area contributed by atoms with E-state index in [1.165, 1.54) is 16.3 Å². The third-order valence-corrected chi connectivity index (χ3v) is 3.44. The Bertz CT molecular complexity index is 530. The Morgan fingerprint density at radius 1 is 1.00 bits per heavy atom. The second-order valence-corrected chi connectivity index (χ2v) is 5.71. The third kappa shape index (κ3) is 4.06. The van der Waals surface area contributed by atoms with Crippen molar-refractivity contribution in [3.05, 3.63) is 48.0 Å². The summed E-state index contributed by atoms with van der Waals surface area (Å²) < 4.78 is 5.61. The fourth-order valence-electron chi connectivity index (χ4n) is 2.40. The maximum Gasteiger partial charge on any atom is 0.0591 e. The summed E-state index contributed by atoms with van der Waals surface area (Å²) in [5, 5.41) is 6.17. The van der Waals surface area contributed by atoms with Gasteiger partial charge in [0.05, 0.1) is 6.61 Å². The second kappa shape index (κ2) is 7.41. The van der Waals surface area contributed by atoms with Gasteiger partial charge in [0.25, 0.3) is 0 Å². The number of ether oxygens (including phenoxy) is 1. The van der Waals surface area contributed by atoms with Gasteiger partial charge in [0, 0.05) is 19.2 Å². The minimum Gasteiger partial charge on any atom is -0.380 e. The summed E-state index contributed by atoms with van der Waals surface area (Å²) >= 11 is 0. The Kier molecular flexibility index (Phi) is 5.57. The molecular weight excluding hydrogens is 246 g/mol. The van der Waals surface area contributed by atoms with Crippen LogP contribution in [0, 0.1) is 5.92 Å². The van der Waals surface area contributed by atoms with Gasteiger partial charge in [-0.25, -0.2) is 0 Å². The Hall–Kier alpha value is -1.38. The molecule has 0 bridgehead atoms. The maximum atomic E-state index is 5.61. The van der Waals surface area contributed by atoms with Gasteiger partial charge in [-0.05, 0) is 29.2 Å². The fraction of sp³-hybridized carbons (Fsp3) is 0.444. The highest BCUT2D eigenvalue weighted by Crippen LogP contribution is 2.23. The molecule has 2 heteroatoms. The van der Waals surface area contributed by atoms with Crippen LogP contribution in [0.2, 0.25) is 0 Å². The second-order valence-electron chi connectivity index (χ2n) is 5.71. The molecule has 0 aromatic heterocycles. The zero-order chi connectivity index (χ0) is 14.4. The van der Waals surface area contributed by atoms with Crippen LogP contribution in [-0.4, -0.2) is 19.8 Å². The predicted octanol–water partition coefficient (Wildman–Crippen LogP) is 4.16. The molecule has 0 fully saturated rings. The number of hydrogen-bond acceptors (Lipinski definition) is 2. The van der Waals surface area contributed by atoms with E-state index in [1.807, 2.05) is 0 Å². The van der Waals surface area contributed by atoms with Crippen LogP contribution >= 0.6 is 0 Å². The number of benzene rings is 2. The standard InChI is InChI=1S/C18H25NO/c1-14(2)13-20-12-11-19-15(3)17-10-6-8-16-7-4-5-9-18(16)17/h4-10,14-15,19H,11-13H2,1-3H3. The lowest BCUT2D eigenvalue weighted by atomic mass is 10.00. The average Bonchev–Trinajstić information content (AvgIpc) is 2.45. The summed E-state index contributed by atoms with van der Waals surface area (Å²) in [4.78, 5) is 0. The molecule has 1 unspecified atom stereocenters. The van der Waals surface area contributed by atoms with Gasteiger partial charge < -0.3 is 10.1 Å². The van der Waals surface area contributed by atoms with Crippen molar-refractivity contribution in [2.24, 2.45) is 5.92 Å². The first-order valence-corrected chi connectivity index (χ1v) is 7.47. The smallest absolute Gasteiger partial charge is 0.0591 e. The molecule has 2 aromatic rings. The van der Waals surface area contributed by atoms with Gasteiger partial charge in [0.15, 0.2) is 0 Å². The van der Waals surface area contributed by atoms with E-state index < -0.39 is 0 Å². The van der Waals surface area contributed by atoms with E-state index in [-0.39, 0.29) is 0 Å². The first kappa shape index (κ1) is 15.0. The summed E-state index contributed by atoms with van der Waals surface area (Å²) in [5.41, 5.74) is 1.35. The topological polar surface area (TPSA) is 21.3 Å². The van der Waals surface area contributed by atoms with Crippen LogP contribution in [0.25, 0.3) is 10.8 Å². The molecule has 0 heterocycles. The van der Waals surface area contributed by atoms with Crippen LogP contribution in [0.3, 0.4) is 0 Å². The van der Waals surface area contributed by atoms with Gasteiger partial charge in [-0.3, -0.25) is 0 Å². The van der Waals surface area contributed by atoms with Crippen molar-refractivity contribution < 1.29 is 4.74 Å². The number of rotatable bonds is 7. The molecule has 20 heavy (non-hydrogen) atoms. The summed E-state index contributed by atoms with van der Waals surface area (Å²) in [6.07, 6.45) is 0. The Morgan fingerprint density at radius 2 is 1.75 bits per heavy atom. The van der Waals surface area contributed by atoms with E-state index in [2.05, 4.69) is 68.6 Å². The van der Waals surface area contributed by atoms with E-state index >= 15 is 0 Å². The van der Waals surface area contributed by atoms with Gasteiger partial charge in [0.1, 0.15) is 0 Å². The molecule has 1 N–H and O–H groups in total. The Morgan fingerprint density at radius 3 is 2.55 bits per heavy atom.